The first-order valence-corrected chi connectivity index (χ1v) is 6.79. The zero-order valence-electron chi connectivity index (χ0n) is 11.3. The third kappa shape index (κ3) is 3.78. The molecule has 1 atom stereocenters. The minimum atomic E-state index is -0.465. The van der Waals surface area contributed by atoms with Crippen LogP contribution in [0.15, 0.2) is 24.3 Å². The van der Waals surface area contributed by atoms with Gasteiger partial charge in [0.25, 0.3) is 0 Å². The third-order valence-corrected chi connectivity index (χ3v) is 3.63. The van der Waals surface area contributed by atoms with Gasteiger partial charge in [0.1, 0.15) is 0 Å². The summed E-state index contributed by atoms with van der Waals surface area (Å²) in [7, 11) is 1.36. The summed E-state index contributed by atoms with van der Waals surface area (Å²) in [6, 6.07) is 6.97. The van der Waals surface area contributed by atoms with Crippen LogP contribution in [0.3, 0.4) is 0 Å². The number of likely N-dealkylation sites (tertiary alicyclic amines) is 1. The van der Waals surface area contributed by atoms with Crippen molar-refractivity contribution in [2.24, 2.45) is 0 Å². The molecule has 0 aromatic heterocycles. The Bertz CT molecular complexity index is 410. The third-order valence-electron chi connectivity index (χ3n) is 3.63. The quantitative estimate of drug-likeness (QED) is 0.825. The highest BCUT2D eigenvalue weighted by Gasteiger charge is 2.14. The predicted octanol–water partition coefficient (Wildman–Crippen LogP) is 1.99. The van der Waals surface area contributed by atoms with Gasteiger partial charge in [-0.15, -0.1) is 0 Å². The second-order valence-corrected chi connectivity index (χ2v) is 4.97. The van der Waals surface area contributed by atoms with Crippen LogP contribution in [0.2, 0.25) is 0 Å². The Balaban J connectivity index is 1.87. The van der Waals surface area contributed by atoms with Crippen molar-refractivity contribution in [1.29, 1.82) is 0 Å². The Kier molecular flexibility index (Phi) is 4.93. The molecule has 0 aliphatic carbocycles. The SMILES string of the molecule is COC(=O)c1ccc(C(O)CCN2CCCC2)cc1. The summed E-state index contributed by atoms with van der Waals surface area (Å²) in [4.78, 5) is 13.7. The van der Waals surface area contributed by atoms with E-state index in [1.165, 1.54) is 20.0 Å². The average molecular weight is 263 g/mol. The standard InChI is InChI=1S/C15H21NO3/c1-19-15(18)13-6-4-12(5-7-13)14(17)8-11-16-9-2-3-10-16/h4-7,14,17H,2-3,8-11H2,1H3. The van der Waals surface area contributed by atoms with Crippen LogP contribution in [0.4, 0.5) is 0 Å². The van der Waals surface area contributed by atoms with Gasteiger partial charge in [0.05, 0.1) is 18.8 Å². The molecule has 0 saturated carbocycles. The van der Waals surface area contributed by atoms with Crippen LogP contribution in [0.1, 0.15) is 41.3 Å². The Morgan fingerprint density at radius 1 is 1.32 bits per heavy atom. The monoisotopic (exact) mass is 263 g/mol. The molecule has 0 radical (unpaired) electrons. The molecular formula is C15H21NO3. The normalized spacial score (nSPS) is 17.4. The highest BCUT2D eigenvalue weighted by Crippen LogP contribution is 2.19. The number of carbonyl (C=O) groups is 1. The van der Waals surface area contributed by atoms with Crippen molar-refractivity contribution < 1.29 is 14.6 Å². The van der Waals surface area contributed by atoms with E-state index in [4.69, 9.17) is 0 Å². The average Bonchev–Trinajstić information content (AvgIpc) is 2.97. The van der Waals surface area contributed by atoms with Crippen molar-refractivity contribution >= 4 is 5.97 Å². The molecule has 1 fully saturated rings. The zero-order valence-corrected chi connectivity index (χ0v) is 11.3. The lowest BCUT2D eigenvalue weighted by Crippen LogP contribution is -2.22. The minimum Gasteiger partial charge on any atom is -0.465 e. The molecule has 1 aliphatic rings. The molecule has 0 bridgehead atoms. The number of nitrogens with zero attached hydrogens (tertiary/aromatic N) is 1. The maximum atomic E-state index is 11.3. The zero-order chi connectivity index (χ0) is 13.7. The van der Waals surface area contributed by atoms with Crippen LogP contribution in [-0.2, 0) is 4.74 Å². The van der Waals surface area contributed by atoms with Crippen molar-refractivity contribution in [3.63, 3.8) is 0 Å². The number of carbonyl (C=O) groups excluding carboxylic acids is 1. The molecule has 19 heavy (non-hydrogen) atoms. The molecule has 0 amide bonds. The van der Waals surface area contributed by atoms with Crippen LogP contribution in [-0.4, -0.2) is 42.7 Å². The van der Waals surface area contributed by atoms with E-state index < -0.39 is 6.10 Å². The van der Waals surface area contributed by atoms with E-state index in [0.717, 1.165) is 31.6 Å². The molecular weight excluding hydrogens is 242 g/mol. The largest absolute Gasteiger partial charge is 0.465 e. The fraction of sp³-hybridized carbons (Fsp3) is 0.533. The molecule has 0 spiro atoms. The maximum absolute atomic E-state index is 11.3. The van der Waals surface area contributed by atoms with Crippen LogP contribution in [0.5, 0.6) is 0 Å². The second kappa shape index (κ2) is 6.68. The van der Waals surface area contributed by atoms with Gasteiger partial charge in [-0.25, -0.2) is 4.79 Å². The van der Waals surface area contributed by atoms with Gasteiger partial charge in [-0.05, 0) is 50.0 Å². The molecule has 1 unspecified atom stereocenters. The highest BCUT2D eigenvalue weighted by atomic mass is 16.5. The fourth-order valence-corrected chi connectivity index (χ4v) is 2.44. The summed E-state index contributed by atoms with van der Waals surface area (Å²) in [5, 5.41) is 10.1. The first kappa shape index (κ1) is 14.0. The van der Waals surface area contributed by atoms with Gasteiger partial charge in [0.2, 0.25) is 0 Å². The molecule has 1 saturated heterocycles. The van der Waals surface area contributed by atoms with Gasteiger partial charge in [-0.1, -0.05) is 12.1 Å². The number of aliphatic hydroxyl groups is 1. The first-order chi connectivity index (χ1) is 9.20. The van der Waals surface area contributed by atoms with Crippen LogP contribution >= 0.6 is 0 Å². The summed E-state index contributed by atoms with van der Waals surface area (Å²) >= 11 is 0. The van der Waals surface area contributed by atoms with E-state index in [1.807, 2.05) is 0 Å². The molecule has 1 aromatic rings. The molecule has 1 heterocycles. The highest BCUT2D eigenvalue weighted by molar-refractivity contribution is 5.89. The molecule has 2 rings (SSSR count). The summed E-state index contributed by atoms with van der Waals surface area (Å²) < 4.78 is 4.64. The van der Waals surface area contributed by atoms with Crippen molar-refractivity contribution in [1.82, 2.24) is 4.90 Å². The Labute approximate surface area is 114 Å². The number of methoxy groups -OCH3 is 1. The van der Waals surface area contributed by atoms with Crippen LogP contribution < -0.4 is 0 Å². The molecule has 1 aliphatic heterocycles. The molecule has 1 aromatic carbocycles. The summed E-state index contributed by atoms with van der Waals surface area (Å²) in [6.45, 7) is 3.22. The summed E-state index contributed by atoms with van der Waals surface area (Å²) in [5.41, 5.74) is 1.37. The summed E-state index contributed by atoms with van der Waals surface area (Å²) in [6.07, 6.45) is 2.80. The Hall–Kier alpha value is -1.39. The Morgan fingerprint density at radius 2 is 1.95 bits per heavy atom. The van der Waals surface area contributed by atoms with Crippen molar-refractivity contribution in [3.05, 3.63) is 35.4 Å². The number of hydrogen-bond acceptors (Lipinski definition) is 4. The number of ether oxygens (including phenoxy) is 1. The lowest BCUT2D eigenvalue weighted by Gasteiger charge is -2.17. The lowest BCUT2D eigenvalue weighted by atomic mass is 10.0. The number of rotatable bonds is 5. The van der Waals surface area contributed by atoms with Crippen LogP contribution in [0, 0.1) is 0 Å². The van der Waals surface area contributed by atoms with Crippen LogP contribution in [0.25, 0.3) is 0 Å². The fourth-order valence-electron chi connectivity index (χ4n) is 2.44. The predicted molar refractivity (Wildman–Crippen MR) is 73.0 cm³/mol. The van der Waals surface area contributed by atoms with E-state index in [1.54, 1.807) is 24.3 Å². The van der Waals surface area contributed by atoms with Crippen molar-refractivity contribution in [2.75, 3.05) is 26.7 Å². The van der Waals surface area contributed by atoms with E-state index >= 15 is 0 Å². The van der Waals surface area contributed by atoms with E-state index in [0.29, 0.717) is 5.56 Å². The molecule has 4 heteroatoms. The van der Waals surface area contributed by atoms with Gasteiger partial charge in [0.15, 0.2) is 0 Å². The van der Waals surface area contributed by atoms with E-state index in [9.17, 15) is 9.90 Å². The molecule has 4 nitrogen and oxygen atoms in total. The van der Waals surface area contributed by atoms with Gasteiger partial charge in [0, 0.05) is 6.54 Å². The summed E-state index contributed by atoms with van der Waals surface area (Å²) in [5.74, 6) is -0.349. The van der Waals surface area contributed by atoms with E-state index in [-0.39, 0.29) is 5.97 Å². The number of benzene rings is 1. The first-order valence-electron chi connectivity index (χ1n) is 6.79. The second-order valence-electron chi connectivity index (χ2n) is 4.97. The topological polar surface area (TPSA) is 49.8 Å². The van der Waals surface area contributed by atoms with Gasteiger partial charge < -0.3 is 14.7 Å². The lowest BCUT2D eigenvalue weighted by molar-refractivity contribution is 0.0600. The van der Waals surface area contributed by atoms with Crippen molar-refractivity contribution in [3.8, 4) is 0 Å². The molecule has 1 N–H and O–H groups in total. The van der Waals surface area contributed by atoms with Gasteiger partial charge in [-0.3, -0.25) is 0 Å². The van der Waals surface area contributed by atoms with Gasteiger partial charge in [-0.2, -0.15) is 0 Å². The number of aliphatic hydroxyl groups excluding tert-OH is 1. The number of hydrogen-bond donors (Lipinski definition) is 1. The van der Waals surface area contributed by atoms with E-state index in [2.05, 4.69) is 9.64 Å². The minimum absolute atomic E-state index is 0.349. The van der Waals surface area contributed by atoms with Crippen molar-refractivity contribution in [2.45, 2.75) is 25.4 Å². The smallest absolute Gasteiger partial charge is 0.337 e. The van der Waals surface area contributed by atoms with Gasteiger partial charge >= 0.3 is 5.97 Å². The number of esters is 1. The Morgan fingerprint density at radius 3 is 2.53 bits per heavy atom. The maximum Gasteiger partial charge on any atom is 0.337 e. The molecule has 104 valence electrons.